The molecule has 5 amide bonds. The number of anilines is 4. The molecule has 79 heavy (non-hydrogen) atoms. The summed E-state index contributed by atoms with van der Waals surface area (Å²) in [7, 11) is 0. The number of nitrogens with one attached hydrogen (secondary N) is 3. The first-order valence-electron chi connectivity index (χ1n) is 26.8. The zero-order valence-corrected chi connectivity index (χ0v) is 46.1. The number of amides is 5. The number of piperazine rings is 1. The highest BCUT2D eigenvalue weighted by atomic mass is 35.5. The van der Waals surface area contributed by atoms with Crippen molar-refractivity contribution >= 4 is 86.7 Å². The van der Waals surface area contributed by atoms with Crippen LogP contribution in [-0.2, 0) is 52.4 Å². The molecule has 3 atom stereocenters. The van der Waals surface area contributed by atoms with Crippen molar-refractivity contribution in [2.24, 2.45) is 11.1 Å². The van der Waals surface area contributed by atoms with E-state index >= 15 is 0 Å². The van der Waals surface area contributed by atoms with E-state index in [1.807, 2.05) is 19.1 Å². The van der Waals surface area contributed by atoms with Crippen molar-refractivity contribution in [2.75, 3.05) is 140 Å². The normalized spacial score (nSPS) is 19.3. The van der Waals surface area contributed by atoms with Gasteiger partial charge in [-0.25, -0.2) is 14.6 Å². The number of carbonyl (C=O) groups is 5. The first kappa shape index (κ1) is 59.1. The van der Waals surface area contributed by atoms with Gasteiger partial charge in [0.25, 0.3) is 11.5 Å². The van der Waals surface area contributed by atoms with E-state index in [9.17, 15) is 28.8 Å². The number of halogens is 1. The second-order valence-corrected chi connectivity index (χ2v) is 21.1. The lowest BCUT2D eigenvalue weighted by molar-refractivity contribution is -0.140. The SMILES string of the molecule is C[C@H]1OCC2(CCN(c3cnc(Sc4cccc(NC(=O)CCC(=O)N5CCN(C(=O)CCOCCOCCOCCOCCOCCNc6cccc7cnn(C8CCC(=O)NC8=O)c(=O)c67)CC5)c4Cl)c(N)n3)CC2)[C@H]1N. The van der Waals surface area contributed by atoms with E-state index < -0.39 is 17.5 Å². The van der Waals surface area contributed by atoms with Crippen LogP contribution in [0.3, 0.4) is 0 Å². The van der Waals surface area contributed by atoms with Crippen LogP contribution in [-0.4, -0.2) is 190 Å². The number of rotatable bonds is 27. The van der Waals surface area contributed by atoms with Crippen LogP contribution in [0.5, 0.6) is 0 Å². The van der Waals surface area contributed by atoms with Gasteiger partial charge in [0.1, 0.15) is 16.9 Å². The van der Waals surface area contributed by atoms with E-state index in [4.69, 9.17) is 51.5 Å². The second kappa shape index (κ2) is 28.9. The second-order valence-electron chi connectivity index (χ2n) is 19.7. The number of ether oxygens (including phenoxy) is 6. The third-order valence-electron chi connectivity index (χ3n) is 14.5. The molecule has 0 aliphatic carbocycles. The molecule has 4 saturated heterocycles. The number of hydrogen-bond donors (Lipinski definition) is 5. The Morgan fingerprint density at radius 1 is 0.810 bits per heavy atom. The third kappa shape index (κ3) is 15.9. The van der Waals surface area contributed by atoms with Crippen LogP contribution in [0.4, 0.5) is 23.0 Å². The fourth-order valence-electron chi connectivity index (χ4n) is 9.90. The van der Waals surface area contributed by atoms with Crippen molar-refractivity contribution in [2.45, 2.75) is 80.0 Å². The van der Waals surface area contributed by atoms with Crippen LogP contribution in [0.15, 0.2) is 63.5 Å². The molecular weight excluding hydrogens is 1060 g/mol. The van der Waals surface area contributed by atoms with Gasteiger partial charge in [-0.1, -0.05) is 41.6 Å². The number of nitrogen functional groups attached to an aromatic ring is 1. The number of fused-ring (bicyclic) bond motifs is 1. The Labute approximate surface area is 467 Å². The highest BCUT2D eigenvalue weighted by Gasteiger charge is 2.47. The summed E-state index contributed by atoms with van der Waals surface area (Å²) in [6.45, 7) is 9.82. The number of aromatic nitrogens is 4. The molecule has 7 N–H and O–H groups in total. The highest BCUT2D eigenvalue weighted by Crippen LogP contribution is 2.43. The number of nitrogens with two attached hydrogens (primary N) is 2. The molecule has 428 valence electrons. The van der Waals surface area contributed by atoms with Crippen molar-refractivity contribution in [1.82, 2.24) is 34.9 Å². The number of carbonyl (C=O) groups excluding carboxylic acids is 5. The molecule has 6 heterocycles. The molecule has 0 bridgehead atoms. The number of imide groups is 1. The largest absolute Gasteiger partial charge is 0.382 e. The van der Waals surface area contributed by atoms with Gasteiger partial charge in [-0.2, -0.15) is 5.10 Å². The van der Waals surface area contributed by atoms with E-state index in [2.05, 4.69) is 35.9 Å². The van der Waals surface area contributed by atoms with E-state index in [-0.39, 0.29) is 85.7 Å². The summed E-state index contributed by atoms with van der Waals surface area (Å²) in [5.74, 6) is -0.503. The van der Waals surface area contributed by atoms with Crippen LogP contribution >= 0.6 is 23.4 Å². The standard InChI is InChI=1S/C53H71ClN12O12S/c1-35-48(55)53(34-78-35)13-16-63(17-14-53)41-33-58-51(49(56)61-41)79-40-7-3-6-38(47(40)54)60-42(67)10-11-44(69)64-18-20-65(21-19-64)45(70)12-22-73-24-26-75-28-30-77-31-29-76-27-25-74-23-15-57-37-5-2-4-36-32-59-66(52(72)46(36)37)39-8-9-43(68)62-50(39)71/h2-7,32-33,35,39,48,57H,8-31,34,55H2,1H3,(H2,56,61)(H,60,67)(H,62,68,71)/t35-,39?,48+/m1/s1. The molecule has 1 spiro atoms. The molecule has 8 rings (SSSR count). The smallest absolute Gasteiger partial charge is 0.277 e. The highest BCUT2D eigenvalue weighted by molar-refractivity contribution is 7.99. The van der Waals surface area contributed by atoms with Gasteiger partial charge in [0.15, 0.2) is 5.82 Å². The van der Waals surface area contributed by atoms with E-state index in [0.29, 0.717) is 142 Å². The minimum atomic E-state index is -0.848. The van der Waals surface area contributed by atoms with Gasteiger partial charge in [-0.3, -0.25) is 34.1 Å². The van der Waals surface area contributed by atoms with Gasteiger partial charge < -0.3 is 65.2 Å². The summed E-state index contributed by atoms with van der Waals surface area (Å²) < 4.78 is 35.0. The molecule has 24 nitrogen and oxygen atoms in total. The van der Waals surface area contributed by atoms with Crippen LogP contribution in [0.2, 0.25) is 5.02 Å². The molecule has 0 radical (unpaired) electrons. The Hall–Kier alpha value is -6.03. The molecule has 4 aliphatic heterocycles. The number of hydrogen-bond acceptors (Lipinski definition) is 20. The summed E-state index contributed by atoms with van der Waals surface area (Å²) >= 11 is 8.00. The van der Waals surface area contributed by atoms with Crippen molar-refractivity contribution in [3.8, 4) is 0 Å². The minimum absolute atomic E-state index is 0.00998. The molecule has 2 aromatic carbocycles. The maximum absolute atomic E-state index is 13.3. The number of piperidine rings is 2. The van der Waals surface area contributed by atoms with Crippen LogP contribution < -0.4 is 37.9 Å². The van der Waals surface area contributed by atoms with E-state index in [0.717, 1.165) is 30.6 Å². The lowest BCUT2D eigenvalue weighted by Crippen LogP contribution is -2.50. The first-order chi connectivity index (χ1) is 38.3. The molecule has 4 fully saturated rings. The molecular formula is C53H71ClN12O12S. The predicted molar refractivity (Wildman–Crippen MR) is 295 cm³/mol. The van der Waals surface area contributed by atoms with Crippen LogP contribution in [0.1, 0.15) is 57.9 Å². The molecule has 2 aromatic heterocycles. The topological polar surface area (TPSA) is 299 Å². The summed E-state index contributed by atoms with van der Waals surface area (Å²) in [6.07, 6.45) is 5.65. The fourth-order valence-corrected chi connectivity index (χ4v) is 11.0. The van der Waals surface area contributed by atoms with Gasteiger partial charge in [0.05, 0.1) is 114 Å². The van der Waals surface area contributed by atoms with Crippen molar-refractivity contribution < 1.29 is 52.4 Å². The summed E-state index contributed by atoms with van der Waals surface area (Å²) in [4.78, 5) is 91.6. The lowest BCUT2D eigenvalue weighted by Gasteiger charge is -2.41. The number of nitrogens with zero attached hydrogens (tertiary/aromatic N) is 7. The molecule has 1 unspecified atom stereocenters. The monoisotopic (exact) mass is 1130 g/mol. The van der Waals surface area contributed by atoms with Crippen LogP contribution in [0, 0.1) is 5.41 Å². The Morgan fingerprint density at radius 3 is 2.06 bits per heavy atom. The Morgan fingerprint density at radius 2 is 1.43 bits per heavy atom. The summed E-state index contributed by atoms with van der Waals surface area (Å²) in [5, 5.41) is 14.4. The molecule has 0 saturated carbocycles. The number of benzene rings is 2. The molecule has 4 aliphatic rings. The quantitative estimate of drug-likeness (QED) is 0.0424. The van der Waals surface area contributed by atoms with Gasteiger partial charge in [-0.15, -0.1) is 0 Å². The van der Waals surface area contributed by atoms with Crippen molar-refractivity contribution in [3.05, 3.63) is 64.2 Å². The average Bonchev–Trinajstić information content (AvgIpc) is 3.78. The zero-order valence-electron chi connectivity index (χ0n) is 44.5. The van der Waals surface area contributed by atoms with Gasteiger partial charge in [0.2, 0.25) is 23.6 Å². The van der Waals surface area contributed by atoms with Gasteiger partial charge in [0, 0.05) is 92.5 Å². The summed E-state index contributed by atoms with van der Waals surface area (Å²) in [6, 6.07) is 9.80. The van der Waals surface area contributed by atoms with Crippen LogP contribution in [0.25, 0.3) is 10.8 Å². The minimum Gasteiger partial charge on any atom is -0.382 e. The average molecular weight is 1140 g/mol. The Balaban J connectivity index is 0.606. The predicted octanol–water partition coefficient (Wildman–Crippen LogP) is 2.86. The van der Waals surface area contributed by atoms with E-state index in [1.54, 1.807) is 40.3 Å². The summed E-state index contributed by atoms with van der Waals surface area (Å²) in [5.41, 5.74) is 13.5. The molecule has 4 aromatic rings. The lowest BCUT2D eigenvalue weighted by atomic mass is 9.73. The first-order valence-corrected chi connectivity index (χ1v) is 28.0. The van der Waals surface area contributed by atoms with Crippen molar-refractivity contribution in [3.63, 3.8) is 0 Å². The van der Waals surface area contributed by atoms with Gasteiger partial charge in [-0.05, 0) is 44.4 Å². The Kier molecular flexibility index (Phi) is 21.6. The van der Waals surface area contributed by atoms with Crippen molar-refractivity contribution in [1.29, 1.82) is 0 Å². The van der Waals surface area contributed by atoms with Gasteiger partial charge >= 0.3 is 0 Å². The maximum atomic E-state index is 13.3. The molecule has 26 heteroatoms. The maximum Gasteiger partial charge on any atom is 0.277 e. The zero-order chi connectivity index (χ0) is 55.7. The Bertz CT molecular complexity index is 2820. The third-order valence-corrected chi connectivity index (χ3v) is 16.1. The fraction of sp³-hybridized carbons (Fsp3) is 0.566. The van der Waals surface area contributed by atoms with E-state index in [1.165, 1.54) is 18.0 Å².